The summed E-state index contributed by atoms with van der Waals surface area (Å²) in [4.78, 5) is 39.1. The number of carbonyl (C=O) groups is 3. The van der Waals surface area contributed by atoms with E-state index in [4.69, 9.17) is 9.47 Å². The quantitative estimate of drug-likeness (QED) is 0.284. The molecule has 3 aromatic carbocycles. The topological polar surface area (TPSA) is 84.9 Å². The lowest BCUT2D eigenvalue weighted by atomic mass is 10.1. The summed E-state index contributed by atoms with van der Waals surface area (Å²) in [6, 6.07) is 19.1. The van der Waals surface area contributed by atoms with Crippen LogP contribution in [0.5, 0.6) is 11.5 Å². The van der Waals surface area contributed by atoms with Crippen molar-refractivity contribution in [3.8, 4) is 11.5 Å². The van der Waals surface area contributed by atoms with Gasteiger partial charge in [0.05, 0.1) is 16.8 Å². The molecule has 1 aliphatic heterocycles. The van der Waals surface area contributed by atoms with Crippen molar-refractivity contribution in [2.45, 2.75) is 26.9 Å². The maximum absolute atomic E-state index is 13.2. The third kappa shape index (κ3) is 5.83. The van der Waals surface area contributed by atoms with Crippen LogP contribution in [0.3, 0.4) is 0 Å². The van der Waals surface area contributed by atoms with E-state index in [2.05, 4.69) is 21.2 Å². The van der Waals surface area contributed by atoms with Crippen molar-refractivity contribution in [1.82, 2.24) is 5.32 Å². The molecule has 1 fully saturated rings. The molecule has 1 N–H and O–H groups in total. The zero-order valence-electron chi connectivity index (χ0n) is 19.9. The number of amides is 4. The van der Waals surface area contributed by atoms with E-state index < -0.39 is 17.8 Å². The fourth-order valence-electron chi connectivity index (χ4n) is 3.54. The highest BCUT2D eigenvalue weighted by atomic mass is 79.9. The van der Waals surface area contributed by atoms with E-state index in [1.54, 1.807) is 42.5 Å². The second-order valence-corrected chi connectivity index (χ2v) is 9.12. The third-order valence-corrected chi connectivity index (χ3v) is 6.07. The normalized spacial score (nSPS) is 14.7. The SMILES string of the molecule is CCCOc1ccc(N2C(=O)NC(=O)/C(=C/c3ccc(OCc4ccc(C)cc4)c(Br)c3)C2=O)cc1. The number of hydrogen-bond acceptors (Lipinski definition) is 5. The summed E-state index contributed by atoms with van der Waals surface area (Å²) >= 11 is 3.49. The Hall–Kier alpha value is -3.91. The van der Waals surface area contributed by atoms with Crippen molar-refractivity contribution >= 4 is 45.5 Å². The van der Waals surface area contributed by atoms with E-state index in [1.165, 1.54) is 11.6 Å². The minimum absolute atomic E-state index is 0.152. The van der Waals surface area contributed by atoms with E-state index in [9.17, 15) is 14.4 Å². The lowest BCUT2D eigenvalue weighted by molar-refractivity contribution is -0.122. The van der Waals surface area contributed by atoms with Gasteiger partial charge >= 0.3 is 6.03 Å². The van der Waals surface area contributed by atoms with Gasteiger partial charge < -0.3 is 9.47 Å². The molecule has 0 atom stereocenters. The predicted molar refractivity (Wildman–Crippen MR) is 141 cm³/mol. The first-order chi connectivity index (χ1) is 17.4. The Kier molecular flexibility index (Phi) is 7.85. The van der Waals surface area contributed by atoms with Crippen LogP contribution in [0.2, 0.25) is 0 Å². The molecule has 184 valence electrons. The molecule has 8 heteroatoms. The Bertz CT molecular complexity index is 1320. The van der Waals surface area contributed by atoms with Gasteiger partial charge in [-0.2, -0.15) is 0 Å². The molecule has 4 amide bonds. The van der Waals surface area contributed by atoms with Gasteiger partial charge in [-0.3, -0.25) is 14.9 Å². The minimum atomic E-state index is -0.801. The standard InChI is InChI=1S/C28H25BrN2O5/c1-3-14-35-22-11-9-21(10-12-22)31-27(33)23(26(32)30-28(31)34)15-20-8-13-25(24(29)16-20)36-17-19-6-4-18(2)5-7-19/h4-13,15-16H,3,14,17H2,1-2H3,(H,30,32,34)/b23-15-. The van der Waals surface area contributed by atoms with Crippen LogP contribution in [0.15, 0.2) is 76.8 Å². The Morgan fingerprint density at radius 3 is 2.33 bits per heavy atom. The Morgan fingerprint density at radius 1 is 0.944 bits per heavy atom. The average molecular weight is 549 g/mol. The van der Waals surface area contributed by atoms with Gasteiger partial charge in [-0.15, -0.1) is 0 Å². The molecule has 0 unspecified atom stereocenters. The second-order valence-electron chi connectivity index (χ2n) is 8.26. The number of imide groups is 2. The number of hydrogen-bond donors (Lipinski definition) is 1. The van der Waals surface area contributed by atoms with Crippen molar-refractivity contribution < 1.29 is 23.9 Å². The number of halogens is 1. The van der Waals surface area contributed by atoms with Crippen molar-refractivity contribution in [2.24, 2.45) is 0 Å². The number of carbonyl (C=O) groups excluding carboxylic acids is 3. The summed E-state index contributed by atoms with van der Waals surface area (Å²) in [6.45, 7) is 5.00. The molecule has 0 aliphatic carbocycles. The molecule has 0 bridgehead atoms. The lowest BCUT2D eigenvalue weighted by Crippen LogP contribution is -2.54. The molecule has 1 aliphatic rings. The van der Waals surface area contributed by atoms with E-state index in [0.29, 0.717) is 40.4 Å². The Balaban J connectivity index is 1.52. The van der Waals surface area contributed by atoms with Gasteiger partial charge in [-0.05, 0) is 82.9 Å². The van der Waals surface area contributed by atoms with E-state index in [1.807, 2.05) is 38.1 Å². The van der Waals surface area contributed by atoms with Gasteiger partial charge in [0.25, 0.3) is 11.8 Å². The highest BCUT2D eigenvalue weighted by Crippen LogP contribution is 2.29. The molecule has 1 heterocycles. The van der Waals surface area contributed by atoms with Crippen LogP contribution in [0.1, 0.15) is 30.0 Å². The maximum atomic E-state index is 13.2. The Morgan fingerprint density at radius 2 is 1.67 bits per heavy atom. The highest BCUT2D eigenvalue weighted by molar-refractivity contribution is 9.10. The lowest BCUT2D eigenvalue weighted by Gasteiger charge is -2.26. The molecule has 36 heavy (non-hydrogen) atoms. The number of nitrogens with zero attached hydrogens (tertiary/aromatic N) is 1. The van der Waals surface area contributed by atoms with Crippen molar-refractivity contribution in [3.63, 3.8) is 0 Å². The largest absolute Gasteiger partial charge is 0.494 e. The average Bonchev–Trinajstić information content (AvgIpc) is 2.86. The predicted octanol–water partition coefficient (Wildman–Crippen LogP) is 5.79. The monoisotopic (exact) mass is 548 g/mol. The van der Waals surface area contributed by atoms with Crippen LogP contribution in [0.4, 0.5) is 10.5 Å². The van der Waals surface area contributed by atoms with E-state index in [0.717, 1.165) is 16.9 Å². The number of anilines is 1. The number of urea groups is 1. The van der Waals surface area contributed by atoms with Crippen molar-refractivity contribution in [2.75, 3.05) is 11.5 Å². The van der Waals surface area contributed by atoms with Gasteiger partial charge in [-0.1, -0.05) is 42.8 Å². The highest BCUT2D eigenvalue weighted by Gasteiger charge is 2.36. The summed E-state index contributed by atoms with van der Waals surface area (Å²) in [5.41, 5.74) is 3.00. The first-order valence-electron chi connectivity index (χ1n) is 11.5. The molecule has 3 aromatic rings. The van der Waals surface area contributed by atoms with Crippen LogP contribution in [-0.4, -0.2) is 24.5 Å². The number of rotatable bonds is 8. The van der Waals surface area contributed by atoms with Crippen molar-refractivity contribution in [3.05, 3.63) is 93.5 Å². The summed E-state index contributed by atoms with van der Waals surface area (Å²) in [5, 5.41) is 2.24. The van der Waals surface area contributed by atoms with Gasteiger partial charge in [0.15, 0.2) is 0 Å². The first kappa shape index (κ1) is 25.2. The van der Waals surface area contributed by atoms with Gasteiger partial charge in [0.1, 0.15) is 23.7 Å². The van der Waals surface area contributed by atoms with Gasteiger partial charge in [-0.25, -0.2) is 9.69 Å². The number of barbiturate groups is 1. The first-order valence-corrected chi connectivity index (χ1v) is 12.3. The molecule has 0 radical (unpaired) electrons. The fourth-order valence-corrected chi connectivity index (χ4v) is 4.05. The molecule has 4 rings (SSSR count). The fraction of sp³-hybridized carbons (Fsp3) is 0.179. The van der Waals surface area contributed by atoms with Crippen LogP contribution in [-0.2, 0) is 16.2 Å². The van der Waals surface area contributed by atoms with Gasteiger partial charge in [0.2, 0.25) is 0 Å². The molecular formula is C28H25BrN2O5. The minimum Gasteiger partial charge on any atom is -0.494 e. The van der Waals surface area contributed by atoms with Crippen LogP contribution < -0.4 is 19.7 Å². The number of ether oxygens (including phenoxy) is 2. The zero-order valence-corrected chi connectivity index (χ0v) is 21.5. The third-order valence-electron chi connectivity index (χ3n) is 5.45. The molecule has 1 saturated heterocycles. The van der Waals surface area contributed by atoms with Crippen LogP contribution >= 0.6 is 15.9 Å². The Labute approximate surface area is 217 Å². The van der Waals surface area contributed by atoms with E-state index in [-0.39, 0.29) is 5.57 Å². The molecule has 0 spiro atoms. The second kappa shape index (κ2) is 11.2. The summed E-state index contributed by atoms with van der Waals surface area (Å²) in [7, 11) is 0. The van der Waals surface area contributed by atoms with Gasteiger partial charge in [0, 0.05) is 0 Å². The molecule has 0 saturated carbocycles. The molecular weight excluding hydrogens is 524 g/mol. The summed E-state index contributed by atoms with van der Waals surface area (Å²) in [6.07, 6.45) is 2.31. The van der Waals surface area contributed by atoms with Crippen LogP contribution in [0.25, 0.3) is 6.08 Å². The van der Waals surface area contributed by atoms with E-state index >= 15 is 0 Å². The number of benzene rings is 3. The number of nitrogens with one attached hydrogen (secondary N) is 1. The summed E-state index contributed by atoms with van der Waals surface area (Å²) < 4.78 is 12.1. The summed E-state index contributed by atoms with van der Waals surface area (Å²) in [5.74, 6) is -0.201. The molecule has 7 nitrogen and oxygen atoms in total. The smallest absolute Gasteiger partial charge is 0.335 e. The van der Waals surface area contributed by atoms with Crippen LogP contribution in [0, 0.1) is 6.92 Å². The number of aryl methyl sites for hydroxylation is 1. The van der Waals surface area contributed by atoms with Crippen molar-refractivity contribution in [1.29, 1.82) is 0 Å². The maximum Gasteiger partial charge on any atom is 0.335 e. The molecule has 0 aromatic heterocycles. The zero-order chi connectivity index (χ0) is 25.7.